The zero-order chi connectivity index (χ0) is 29.2. The molecule has 0 atom stereocenters. The first-order chi connectivity index (χ1) is 20.4. The average Bonchev–Trinajstić information content (AvgIpc) is 3.72. The summed E-state index contributed by atoms with van der Waals surface area (Å²) in [6.07, 6.45) is 3.29. The molecule has 1 fully saturated rings. The van der Waals surface area contributed by atoms with Gasteiger partial charge in [0.05, 0.1) is 36.6 Å². The quantitative estimate of drug-likeness (QED) is 0.231. The van der Waals surface area contributed by atoms with Crippen molar-refractivity contribution in [3.63, 3.8) is 0 Å². The summed E-state index contributed by atoms with van der Waals surface area (Å²) >= 11 is 0. The maximum atomic E-state index is 14.9. The van der Waals surface area contributed by atoms with E-state index in [0.717, 1.165) is 25.0 Å². The summed E-state index contributed by atoms with van der Waals surface area (Å²) in [5.41, 5.74) is 13.2. The molecule has 1 saturated heterocycles. The van der Waals surface area contributed by atoms with Crippen LogP contribution in [0.25, 0.3) is 28.3 Å². The molecule has 6 rings (SSSR count). The largest absolute Gasteiger partial charge is 0.492 e. The molecule has 0 unspecified atom stereocenters. The molecule has 1 aliphatic rings. The Balaban J connectivity index is 1.04. The van der Waals surface area contributed by atoms with Crippen LogP contribution in [0.1, 0.15) is 0 Å². The fraction of sp³-hybridized carbons (Fsp3) is 0.370. The van der Waals surface area contributed by atoms with Crippen LogP contribution in [0, 0.1) is 5.82 Å². The average molecular weight is 578 g/mol. The Labute approximate surface area is 240 Å². The van der Waals surface area contributed by atoms with Crippen LogP contribution in [0.3, 0.4) is 0 Å². The molecule has 15 heteroatoms. The predicted octanol–water partition coefficient (Wildman–Crippen LogP) is 1.07. The van der Waals surface area contributed by atoms with Gasteiger partial charge in [0.15, 0.2) is 17.1 Å². The minimum atomic E-state index is -0.403. The van der Waals surface area contributed by atoms with E-state index in [1.807, 2.05) is 9.58 Å². The van der Waals surface area contributed by atoms with Crippen LogP contribution in [0.15, 0.2) is 47.2 Å². The lowest BCUT2D eigenvalue weighted by Gasteiger charge is -2.36. The zero-order valence-electron chi connectivity index (χ0n) is 23.2. The minimum absolute atomic E-state index is 0.146. The van der Waals surface area contributed by atoms with Crippen LogP contribution in [-0.2, 0) is 11.3 Å². The Kier molecular flexibility index (Phi) is 7.58. The van der Waals surface area contributed by atoms with E-state index in [0.29, 0.717) is 67.1 Å². The molecule has 1 aliphatic heterocycles. The number of benzene rings is 1. The summed E-state index contributed by atoms with van der Waals surface area (Å²) in [5, 5.41) is 9.72. The second-order valence-electron chi connectivity index (χ2n) is 10.2. The number of aromatic nitrogens is 6. The Morgan fingerprint density at radius 1 is 1.14 bits per heavy atom. The summed E-state index contributed by atoms with van der Waals surface area (Å²) in [4.78, 5) is 26.2. The van der Waals surface area contributed by atoms with Crippen molar-refractivity contribution in [1.29, 1.82) is 0 Å². The number of hydrogen-bond acceptors (Lipinski definition) is 11. The normalized spacial score (nSPS) is 14.4. The molecule has 1 amide bonds. The minimum Gasteiger partial charge on any atom is -0.492 e. The fourth-order valence-corrected chi connectivity index (χ4v) is 5.08. The lowest BCUT2D eigenvalue weighted by atomic mass is 10.2. The van der Waals surface area contributed by atoms with Gasteiger partial charge in [-0.3, -0.25) is 14.6 Å². The number of fused-ring (bicyclic) bond motifs is 3. The first-order valence-corrected chi connectivity index (χ1v) is 13.6. The van der Waals surface area contributed by atoms with Gasteiger partial charge in [-0.2, -0.15) is 14.6 Å². The molecule has 14 nitrogen and oxygen atoms in total. The smallest absolute Gasteiger partial charge is 0.231 e. The van der Waals surface area contributed by atoms with E-state index in [-0.39, 0.29) is 18.3 Å². The first-order valence-electron chi connectivity index (χ1n) is 13.6. The molecule has 4 aromatic heterocycles. The second kappa shape index (κ2) is 11.6. The van der Waals surface area contributed by atoms with E-state index in [1.165, 1.54) is 10.6 Å². The highest BCUT2D eigenvalue weighted by molar-refractivity contribution is 5.90. The number of carbonyl (C=O) groups is 1. The van der Waals surface area contributed by atoms with Gasteiger partial charge in [0.1, 0.15) is 18.2 Å². The summed E-state index contributed by atoms with van der Waals surface area (Å²) in [7, 11) is 1.77. The van der Waals surface area contributed by atoms with E-state index < -0.39 is 5.91 Å². The Hall–Kier alpha value is -4.76. The van der Waals surface area contributed by atoms with Crippen LogP contribution >= 0.6 is 0 Å². The van der Waals surface area contributed by atoms with Crippen LogP contribution in [0.2, 0.25) is 0 Å². The summed E-state index contributed by atoms with van der Waals surface area (Å²) in [6, 6.07) is 8.48. The number of rotatable bonds is 11. The number of hydrogen-bond donors (Lipinski definition) is 2. The van der Waals surface area contributed by atoms with Crippen molar-refractivity contribution in [2.75, 3.05) is 70.1 Å². The maximum absolute atomic E-state index is 14.9. The van der Waals surface area contributed by atoms with Gasteiger partial charge in [-0.1, -0.05) is 0 Å². The molecule has 0 saturated carbocycles. The zero-order valence-corrected chi connectivity index (χ0v) is 23.2. The number of amides is 1. The van der Waals surface area contributed by atoms with Gasteiger partial charge in [-0.05, 0) is 31.3 Å². The van der Waals surface area contributed by atoms with Crippen LogP contribution < -0.4 is 21.1 Å². The Morgan fingerprint density at radius 3 is 2.71 bits per heavy atom. The number of ether oxygens (including phenoxy) is 1. The number of halogens is 1. The van der Waals surface area contributed by atoms with Crippen molar-refractivity contribution in [2.24, 2.45) is 5.73 Å². The third kappa shape index (κ3) is 5.69. The van der Waals surface area contributed by atoms with Gasteiger partial charge in [0.2, 0.25) is 17.7 Å². The molecule has 4 N–H and O–H groups in total. The lowest BCUT2D eigenvalue weighted by molar-refractivity contribution is -0.118. The number of primary amides is 1. The Bertz CT molecular complexity index is 1690. The number of nitrogens with two attached hydrogens (primary N) is 2. The van der Waals surface area contributed by atoms with E-state index in [2.05, 4.69) is 25.1 Å². The van der Waals surface area contributed by atoms with Crippen molar-refractivity contribution in [3.05, 3.63) is 48.6 Å². The molecular weight excluding hydrogens is 545 g/mol. The number of nitrogen functional groups attached to an aromatic ring is 1. The monoisotopic (exact) mass is 577 g/mol. The van der Waals surface area contributed by atoms with Crippen LogP contribution in [0.5, 0.6) is 5.75 Å². The number of anilines is 2. The van der Waals surface area contributed by atoms with Crippen molar-refractivity contribution in [1.82, 2.24) is 39.2 Å². The molecule has 42 heavy (non-hydrogen) atoms. The molecule has 0 spiro atoms. The highest BCUT2D eigenvalue weighted by atomic mass is 19.1. The highest BCUT2D eigenvalue weighted by Gasteiger charge is 2.21. The second-order valence-corrected chi connectivity index (χ2v) is 10.2. The topological polar surface area (TPSA) is 162 Å². The van der Waals surface area contributed by atoms with E-state index in [4.69, 9.17) is 20.6 Å². The molecular formula is C27H32FN11O3. The van der Waals surface area contributed by atoms with Crippen LogP contribution in [0.4, 0.5) is 16.0 Å². The Morgan fingerprint density at radius 2 is 1.98 bits per heavy atom. The maximum Gasteiger partial charge on any atom is 0.231 e. The molecule has 220 valence electrons. The van der Waals surface area contributed by atoms with Crippen molar-refractivity contribution < 1.29 is 18.3 Å². The van der Waals surface area contributed by atoms with E-state index in [9.17, 15) is 9.18 Å². The number of carbonyl (C=O) groups excluding carboxylic acids is 1. The van der Waals surface area contributed by atoms with Crippen molar-refractivity contribution >= 4 is 34.2 Å². The summed E-state index contributed by atoms with van der Waals surface area (Å²) in [5.74, 6) is 0.905. The van der Waals surface area contributed by atoms with Gasteiger partial charge in [0.25, 0.3) is 0 Å². The number of furan rings is 1. The van der Waals surface area contributed by atoms with Gasteiger partial charge < -0.3 is 25.5 Å². The van der Waals surface area contributed by atoms with Crippen LogP contribution in [-0.4, -0.2) is 105 Å². The number of nitrogens with zero attached hydrogens (tertiary/aromatic N) is 9. The third-order valence-corrected chi connectivity index (χ3v) is 7.27. The van der Waals surface area contributed by atoms with Gasteiger partial charge in [0, 0.05) is 45.3 Å². The van der Waals surface area contributed by atoms with Crippen molar-refractivity contribution in [3.8, 4) is 17.3 Å². The number of likely N-dealkylation sites (N-methyl/N-ethyl adjacent to an activating group) is 1. The number of piperazine rings is 1. The molecule has 0 bridgehead atoms. The molecule has 5 aromatic rings. The lowest BCUT2D eigenvalue weighted by Crippen LogP contribution is -2.47. The SMILES string of the molecule is CN(CCOc1ccc(N2CCN(CCn3ncc4c3nc(N)n3nc(-c5ccco5)nc43)CC2)c(F)c1)CC(N)=O. The molecule has 0 aliphatic carbocycles. The van der Waals surface area contributed by atoms with Crippen molar-refractivity contribution in [2.45, 2.75) is 6.54 Å². The highest BCUT2D eigenvalue weighted by Crippen LogP contribution is 2.26. The summed E-state index contributed by atoms with van der Waals surface area (Å²) < 4.78 is 29.3. The predicted molar refractivity (Wildman–Crippen MR) is 153 cm³/mol. The molecule has 0 radical (unpaired) electrons. The van der Waals surface area contributed by atoms with Gasteiger partial charge in [-0.25, -0.2) is 14.1 Å². The molecule has 1 aromatic carbocycles. The van der Waals surface area contributed by atoms with E-state index >= 15 is 0 Å². The standard InChI is InChI=1S/C27H32FN11O3/c1-35(17-23(29)40)12-14-41-18-4-5-21(20(28)15-18)37-9-6-36(7-10-37)8-11-38-25-19(16-31-38)26-32-24(22-3-2-13-42-22)34-39(26)27(30)33-25/h2-5,13,15-16H,6-12,14,17H2,1H3,(H2,29,40)(H2,30,33). The van der Waals surface area contributed by atoms with Gasteiger partial charge in [-0.15, -0.1) is 5.10 Å². The van der Waals surface area contributed by atoms with E-state index in [1.54, 1.807) is 48.7 Å². The fourth-order valence-electron chi connectivity index (χ4n) is 5.08. The first kappa shape index (κ1) is 27.4. The van der Waals surface area contributed by atoms with Gasteiger partial charge >= 0.3 is 0 Å². The summed E-state index contributed by atoms with van der Waals surface area (Å²) in [6.45, 7) is 5.27. The molecule has 5 heterocycles. The third-order valence-electron chi connectivity index (χ3n) is 7.27.